The number of benzene rings is 1. The molecule has 7 nitrogen and oxygen atoms in total. The van der Waals surface area contributed by atoms with E-state index in [-0.39, 0.29) is 30.8 Å². The lowest BCUT2D eigenvalue weighted by molar-refractivity contribution is -0.862. The predicted molar refractivity (Wildman–Crippen MR) is 105 cm³/mol. The Hall–Kier alpha value is -2.41. The molecule has 27 heavy (non-hydrogen) atoms. The van der Waals surface area contributed by atoms with Crippen molar-refractivity contribution in [3.63, 3.8) is 0 Å². The molecule has 150 valence electrons. The number of hydrogen-bond acceptors (Lipinski definition) is 4. The van der Waals surface area contributed by atoms with Gasteiger partial charge < -0.3 is 20.3 Å². The topological polar surface area (TPSA) is 88.9 Å². The zero-order valence-corrected chi connectivity index (χ0v) is 17.1. The Morgan fingerprint density at radius 2 is 1.67 bits per heavy atom. The van der Waals surface area contributed by atoms with Crippen LogP contribution in [0.3, 0.4) is 0 Å². The van der Waals surface area contributed by atoms with E-state index in [0.29, 0.717) is 0 Å². The van der Waals surface area contributed by atoms with E-state index >= 15 is 0 Å². The fourth-order valence-corrected chi connectivity index (χ4v) is 2.83. The van der Waals surface area contributed by atoms with Crippen molar-refractivity contribution in [1.29, 1.82) is 0 Å². The highest BCUT2D eigenvalue weighted by Gasteiger charge is 2.27. The number of carbonyl (C=O) groups excluding carboxylic acids is 3. The molecule has 1 aromatic rings. The Morgan fingerprint density at radius 3 is 2.19 bits per heavy atom. The van der Waals surface area contributed by atoms with Crippen molar-refractivity contribution in [2.45, 2.75) is 40.2 Å². The Bertz CT molecular complexity index is 655. The molecule has 7 heteroatoms. The summed E-state index contributed by atoms with van der Waals surface area (Å²) in [5.41, 5.74) is 2.80. The molecule has 1 unspecified atom stereocenters. The van der Waals surface area contributed by atoms with E-state index in [1.54, 1.807) is 7.05 Å². The molecule has 0 spiro atoms. The summed E-state index contributed by atoms with van der Waals surface area (Å²) in [6.07, 6.45) is 0.737. The maximum absolute atomic E-state index is 12.3. The Kier molecular flexibility index (Phi) is 8.94. The molecule has 1 aromatic carbocycles. The van der Waals surface area contributed by atoms with Gasteiger partial charge in [-0.3, -0.25) is 9.59 Å². The van der Waals surface area contributed by atoms with Gasteiger partial charge in [-0.05, 0) is 30.9 Å². The highest BCUT2D eigenvalue weighted by Crippen LogP contribution is 2.18. The van der Waals surface area contributed by atoms with Gasteiger partial charge in [-0.2, -0.15) is 0 Å². The van der Waals surface area contributed by atoms with Crippen LogP contribution in [0, 0.1) is 19.8 Å². The number of rotatable bonds is 9. The standard InChI is InChI=1S/C20H31N3O4/c1-7-13(2)19(20(26)27-6)22-17(25)12-23(5)11-16(24)21-18-14(3)9-8-10-15(18)4/h8-10,13,19H,7,11-12H2,1-6H3,(H,21,24)(H,22,25)/p+1/t13-,19-/m1/s1. The average Bonchev–Trinajstić information content (AvgIpc) is 2.61. The molecule has 0 aromatic heterocycles. The number of methoxy groups -OCH3 is 1. The normalized spacial score (nSPS) is 14.0. The molecule has 2 amide bonds. The number of amides is 2. The van der Waals surface area contributed by atoms with Crippen molar-refractivity contribution in [2.24, 2.45) is 5.92 Å². The number of anilines is 1. The highest BCUT2D eigenvalue weighted by atomic mass is 16.5. The zero-order valence-electron chi connectivity index (χ0n) is 17.1. The molecule has 0 bridgehead atoms. The fraction of sp³-hybridized carbons (Fsp3) is 0.550. The minimum atomic E-state index is -0.677. The van der Waals surface area contributed by atoms with Crippen LogP contribution in [0.25, 0.3) is 0 Å². The molecule has 3 atom stereocenters. The first kappa shape index (κ1) is 22.6. The number of nitrogens with one attached hydrogen (secondary N) is 3. The van der Waals surface area contributed by atoms with Gasteiger partial charge in [0.15, 0.2) is 13.1 Å². The van der Waals surface area contributed by atoms with E-state index in [1.807, 2.05) is 45.9 Å². The largest absolute Gasteiger partial charge is 0.467 e. The molecule has 0 aliphatic carbocycles. The summed E-state index contributed by atoms with van der Waals surface area (Å²) < 4.78 is 4.77. The third-order valence-corrected chi connectivity index (χ3v) is 4.65. The summed E-state index contributed by atoms with van der Waals surface area (Å²) in [6.45, 7) is 7.94. The van der Waals surface area contributed by atoms with Gasteiger partial charge in [0, 0.05) is 5.69 Å². The molecule has 0 saturated heterocycles. The van der Waals surface area contributed by atoms with Crippen LogP contribution in [0.5, 0.6) is 0 Å². The molecule has 0 heterocycles. The predicted octanol–water partition coefficient (Wildman–Crippen LogP) is 0.461. The lowest BCUT2D eigenvalue weighted by Gasteiger charge is -2.22. The van der Waals surface area contributed by atoms with Gasteiger partial charge in [0.1, 0.15) is 6.04 Å². The van der Waals surface area contributed by atoms with Gasteiger partial charge in [-0.1, -0.05) is 38.5 Å². The molecule has 0 radical (unpaired) electrons. The maximum Gasteiger partial charge on any atom is 0.328 e. The van der Waals surface area contributed by atoms with Crippen LogP contribution in [0.2, 0.25) is 0 Å². The van der Waals surface area contributed by atoms with Crippen molar-refractivity contribution < 1.29 is 24.0 Å². The van der Waals surface area contributed by atoms with E-state index in [0.717, 1.165) is 28.1 Å². The number of carbonyl (C=O) groups is 3. The van der Waals surface area contributed by atoms with E-state index in [2.05, 4.69) is 10.6 Å². The first-order valence-corrected chi connectivity index (χ1v) is 9.24. The minimum Gasteiger partial charge on any atom is -0.467 e. The van der Waals surface area contributed by atoms with Crippen LogP contribution in [0.4, 0.5) is 5.69 Å². The van der Waals surface area contributed by atoms with Gasteiger partial charge >= 0.3 is 5.97 Å². The molecule has 0 aliphatic rings. The number of hydrogen-bond donors (Lipinski definition) is 3. The summed E-state index contributed by atoms with van der Waals surface area (Å²) in [4.78, 5) is 37.2. The van der Waals surface area contributed by atoms with Crippen molar-refractivity contribution in [3.8, 4) is 0 Å². The summed E-state index contributed by atoms with van der Waals surface area (Å²) in [6, 6.07) is 5.14. The van der Waals surface area contributed by atoms with E-state index in [1.165, 1.54) is 7.11 Å². The monoisotopic (exact) mass is 378 g/mol. The molecular formula is C20H32N3O4+. The molecule has 0 saturated carbocycles. The van der Waals surface area contributed by atoms with Crippen LogP contribution >= 0.6 is 0 Å². The third-order valence-electron chi connectivity index (χ3n) is 4.65. The number of para-hydroxylation sites is 1. The number of quaternary nitrogens is 1. The number of esters is 1. The molecular weight excluding hydrogens is 346 g/mol. The number of likely N-dealkylation sites (N-methyl/N-ethyl adjacent to an activating group) is 1. The van der Waals surface area contributed by atoms with E-state index in [4.69, 9.17) is 4.74 Å². The molecule has 3 N–H and O–H groups in total. The number of aryl methyl sites for hydroxylation is 2. The van der Waals surface area contributed by atoms with Crippen LogP contribution in [0.15, 0.2) is 18.2 Å². The van der Waals surface area contributed by atoms with Gasteiger partial charge in [0.2, 0.25) is 0 Å². The van der Waals surface area contributed by atoms with E-state index in [9.17, 15) is 14.4 Å². The average molecular weight is 378 g/mol. The zero-order chi connectivity index (χ0) is 20.6. The smallest absolute Gasteiger partial charge is 0.328 e. The maximum atomic E-state index is 12.3. The van der Waals surface area contributed by atoms with Crippen molar-refractivity contribution in [2.75, 3.05) is 32.6 Å². The molecule has 0 fully saturated rings. The summed E-state index contributed by atoms with van der Waals surface area (Å²) in [5, 5.41) is 5.64. The van der Waals surface area contributed by atoms with Crippen LogP contribution < -0.4 is 15.5 Å². The first-order chi connectivity index (χ1) is 12.7. The van der Waals surface area contributed by atoms with Crippen molar-refractivity contribution in [3.05, 3.63) is 29.3 Å². The van der Waals surface area contributed by atoms with Gasteiger partial charge in [0.25, 0.3) is 11.8 Å². The molecule has 0 aliphatic heterocycles. The van der Waals surface area contributed by atoms with Crippen LogP contribution in [-0.4, -0.2) is 51.1 Å². The Balaban J connectivity index is 2.59. The Morgan fingerprint density at radius 1 is 1.11 bits per heavy atom. The summed E-state index contributed by atoms with van der Waals surface area (Å²) in [5.74, 6) is -0.940. The van der Waals surface area contributed by atoms with Crippen LogP contribution in [-0.2, 0) is 19.1 Å². The number of ether oxygens (including phenoxy) is 1. The van der Waals surface area contributed by atoms with E-state index < -0.39 is 12.0 Å². The SMILES string of the molecule is CC[C@@H](C)[C@@H](NC(=O)C[NH+](C)CC(=O)Nc1c(C)cccc1C)C(=O)OC. The fourth-order valence-electron chi connectivity index (χ4n) is 2.83. The lowest BCUT2D eigenvalue weighted by atomic mass is 9.99. The van der Waals surface area contributed by atoms with Crippen molar-refractivity contribution >= 4 is 23.5 Å². The molecule has 1 rings (SSSR count). The van der Waals surface area contributed by atoms with Gasteiger partial charge in [-0.25, -0.2) is 4.79 Å². The first-order valence-electron chi connectivity index (χ1n) is 9.24. The minimum absolute atomic E-state index is 0.0333. The third kappa shape index (κ3) is 7.02. The second-order valence-electron chi connectivity index (χ2n) is 7.08. The lowest BCUT2D eigenvalue weighted by Crippen LogP contribution is -3.11. The van der Waals surface area contributed by atoms with Gasteiger partial charge in [0.05, 0.1) is 14.2 Å². The highest BCUT2D eigenvalue weighted by molar-refractivity contribution is 5.93. The second kappa shape index (κ2) is 10.7. The summed E-state index contributed by atoms with van der Waals surface area (Å²) >= 11 is 0. The second-order valence-corrected chi connectivity index (χ2v) is 7.08. The van der Waals surface area contributed by atoms with Gasteiger partial charge in [-0.15, -0.1) is 0 Å². The Labute approximate surface area is 161 Å². The quantitative estimate of drug-likeness (QED) is 0.545. The van der Waals surface area contributed by atoms with Crippen molar-refractivity contribution in [1.82, 2.24) is 5.32 Å². The summed E-state index contributed by atoms with van der Waals surface area (Å²) in [7, 11) is 3.07. The van der Waals surface area contributed by atoms with Crippen LogP contribution in [0.1, 0.15) is 31.4 Å².